The van der Waals surface area contributed by atoms with Crippen LogP contribution in [0.4, 0.5) is 0 Å². The van der Waals surface area contributed by atoms with Gasteiger partial charge in [0, 0.05) is 19.0 Å². The minimum atomic E-state index is 0.311. The van der Waals surface area contributed by atoms with E-state index in [9.17, 15) is 0 Å². The maximum absolute atomic E-state index is 4.38. The van der Waals surface area contributed by atoms with Crippen molar-refractivity contribution in [2.45, 2.75) is 32.9 Å². The Balaban J connectivity index is 2.10. The Kier molecular flexibility index (Phi) is 4.49. The van der Waals surface area contributed by atoms with Crippen LogP contribution in [0.2, 0.25) is 0 Å². The largest absolute Gasteiger partial charge is 0.313 e. The number of likely N-dealkylation sites (N-methyl/N-ethyl adjacent to an activating group) is 1. The lowest BCUT2D eigenvalue weighted by atomic mass is 10.1. The van der Waals surface area contributed by atoms with Gasteiger partial charge in [-0.25, -0.2) is 9.67 Å². The van der Waals surface area contributed by atoms with E-state index in [4.69, 9.17) is 0 Å². The van der Waals surface area contributed by atoms with Crippen molar-refractivity contribution in [1.82, 2.24) is 20.1 Å². The van der Waals surface area contributed by atoms with Gasteiger partial charge in [-0.15, -0.1) is 0 Å². The van der Waals surface area contributed by atoms with E-state index in [-0.39, 0.29) is 0 Å². The van der Waals surface area contributed by atoms with Crippen LogP contribution < -0.4 is 5.32 Å². The first-order valence-electron chi connectivity index (χ1n) is 6.26. The minimum absolute atomic E-state index is 0.311. The molecule has 0 amide bonds. The number of nitrogens with zero attached hydrogens (tertiary/aromatic N) is 3. The average Bonchev–Trinajstić information content (AvgIpc) is 2.96. The molecule has 18 heavy (non-hydrogen) atoms. The summed E-state index contributed by atoms with van der Waals surface area (Å²) in [4.78, 5) is 4.38. The van der Waals surface area contributed by atoms with Crippen LogP contribution in [0.3, 0.4) is 0 Å². The number of nitrogens with one attached hydrogen (secondary N) is 1. The summed E-state index contributed by atoms with van der Waals surface area (Å²) in [5.41, 5.74) is 1.32. The number of rotatable bonds is 6. The molecule has 0 aliphatic rings. The fraction of sp³-hybridized carbons (Fsp3) is 0.538. The lowest BCUT2D eigenvalue weighted by Gasteiger charge is -2.15. The van der Waals surface area contributed by atoms with Gasteiger partial charge in [0.15, 0.2) is 0 Å². The summed E-state index contributed by atoms with van der Waals surface area (Å²) >= 11 is 1.73. The molecule has 2 heterocycles. The predicted octanol–water partition coefficient (Wildman–Crippen LogP) is 2.50. The number of aromatic nitrogens is 3. The summed E-state index contributed by atoms with van der Waals surface area (Å²) in [7, 11) is 1.99. The third-order valence-electron chi connectivity index (χ3n) is 2.91. The quantitative estimate of drug-likeness (QED) is 0.871. The van der Waals surface area contributed by atoms with E-state index in [1.165, 1.54) is 5.56 Å². The van der Waals surface area contributed by atoms with E-state index in [0.717, 1.165) is 18.8 Å². The van der Waals surface area contributed by atoms with Gasteiger partial charge in [-0.1, -0.05) is 13.8 Å². The summed E-state index contributed by atoms with van der Waals surface area (Å²) in [6, 6.07) is 2.47. The highest BCUT2D eigenvalue weighted by atomic mass is 32.1. The van der Waals surface area contributed by atoms with E-state index in [0.29, 0.717) is 12.0 Å². The SMILES string of the molecule is CNC(Cc1ncnn1CC(C)C)c1ccsc1. The van der Waals surface area contributed by atoms with E-state index in [1.807, 2.05) is 11.7 Å². The molecule has 1 atom stereocenters. The zero-order valence-corrected chi connectivity index (χ0v) is 11.9. The van der Waals surface area contributed by atoms with Crippen LogP contribution in [0.5, 0.6) is 0 Å². The molecule has 2 aromatic heterocycles. The van der Waals surface area contributed by atoms with Gasteiger partial charge in [-0.05, 0) is 35.4 Å². The van der Waals surface area contributed by atoms with Crippen LogP contribution in [-0.2, 0) is 13.0 Å². The third kappa shape index (κ3) is 3.17. The smallest absolute Gasteiger partial charge is 0.138 e. The molecule has 0 radical (unpaired) electrons. The molecule has 0 bridgehead atoms. The van der Waals surface area contributed by atoms with E-state index in [1.54, 1.807) is 17.7 Å². The summed E-state index contributed by atoms with van der Waals surface area (Å²) in [5, 5.41) is 11.9. The lowest BCUT2D eigenvalue weighted by molar-refractivity contribution is 0.451. The van der Waals surface area contributed by atoms with Crippen molar-refractivity contribution < 1.29 is 0 Å². The first kappa shape index (κ1) is 13.2. The molecule has 5 heteroatoms. The Bertz CT molecular complexity index is 461. The maximum Gasteiger partial charge on any atom is 0.138 e. The first-order chi connectivity index (χ1) is 8.70. The van der Waals surface area contributed by atoms with Crippen LogP contribution in [0.25, 0.3) is 0 Å². The summed E-state index contributed by atoms with van der Waals surface area (Å²) in [6.45, 7) is 5.31. The lowest BCUT2D eigenvalue weighted by Crippen LogP contribution is -2.21. The molecule has 0 spiro atoms. The number of hydrogen-bond acceptors (Lipinski definition) is 4. The Morgan fingerprint density at radius 3 is 2.89 bits per heavy atom. The van der Waals surface area contributed by atoms with Gasteiger partial charge in [0.05, 0.1) is 0 Å². The van der Waals surface area contributed by atoms with Crippen molar-refractivity contribution in [3.63, 3.8) is 0 Å². The van der Waals surface area contributed by atoms with Gasteiger partial charge < -0.3 is 5.32 Å². The molecular formula is C13H20N4S. The highest BCUT2D eigenvalue weighted by Crippen LogP contribution is 2.19. The van der Waals surface area contributed by atoms with Crippen molar-refractivity contribution in [3.05, 3.63) is 34.5 Å². The molecule has 0 saturated heterocycles. The van der Waals surface area contributed by atoms with Crippen LogP contribution in [0, 0.1) is 5.92 Å². The van der Waals surface area contributed by atoms with E-state index >= 15 is 0 Å². The number of thiophene rings is 1. The van der Waals surface area contributed by atoms with Gasteiger partial charge in [0.1, 0.15) is 12.2 Å². The minimum Gasteiger partial charge on any atom is -0.313 e. The molecule has 2 aromatic rings. The van der Waals surface area contributed by atoms with Crippen molar-refractivity contribution in [3.8, 4) is 0 Å². The second kappa shape index (κ2) is 6.11. The molecule has 1 unspecified atom stereocenters. The molecule has 2 rings (SSSR count). The highest BCUT2D eigenvalue weighted by molar-refractivity contribution is 7.07. The molecule has 98 valence electrons. The van der Waals surface area contributed by atoms with Gasteiger partial charge >= 0.3 is 0 Å². The predicted molar refractivity (Wildman–Crippen MR) is 74.7 cm³/mol. The molecule has 0 fully saturated rings. The maximum atomic E-state index is 4.38. The van der Waals surface area contributed by atoms with Crippen molar-refractivity contribution in [2.24, 2.45) is 5.92 Å². The molecule has 4 nitrogen and oxygen atoms in total. The monoisotopic (exact) mass is 264 g/mol. The zero-order valence-electron chi connectivity index (χ0n) is 11.1. The normalized spacial score (nSPS) is 13.1. The van der Waals surface area contributed by atoms with Gasteiger partial charge in [-0.2, -0.15) is 16.4 Å². The number of hydrogen-bond donors (Lipinski definition) is 1. The fourth-order valence-corrected chi connectivity index (χ4v) is 2.70. The second-order valence-electron chi connectivity index (χ2n) is 4.85. The zero-order chi connectivity index (χ0) is 13.0. The van der Waals surface area contributed by atoms with Gasteiger partial charge in [-0.3, -0.25) is 0 Å². The Hall–Kier alpha value is -1.20. The highest BCUT2D eigenvalue weighted by Gasteiger charge is 2.15. The third-order valence-corrected chi connectivity index (χ3v) is 3.62. The van der Waals surface area contributed by atoms with Crippen molar-refractivity contribution >= 4 is 11.3 Å². The molecule has 0 saturated carbocycles. The fourth-order valence-electron chi connectivity index (χ4n) is 1.99. The van der Waals surface area contributed by atoms with Crippen LogP contribution in [0.15, 0.2) is 23.2 Å². The second-order valence-corrected chi connectivity index (χ2v) is 5.63. The van der Waals surface area contributed by atoms with E-state index in [2.05, 4.69) is 46.1 Å². The molecular weight excluding hydrogens is 244 g/mol. The topological polar surface area (TPSA) is 42.7 Å². The van der Waals surface area contributed by atoms with Crippen molar-refractivity contribution in [1.29, 1.82) is 0 Å². The van der Waals surface area contributed by atoms with Gasteiger partial charge in [0.25, 0.3) is 0 Å². The molecule has 0 aliphatic carbocycles. The first-order valence-corrected chi connectivity index (χ1v) is 7.21. The Morgan fingerprint density at radius 2 is 2.28 bits per heavy atom. The standard InChI is InChI=1S/C13H20N4S/c1-10(2)7-17-13(15-9-16-17)6-12(14-3)11-4-5-18-8-11/h4-5,8-10,12,14H,6-7H2,1-3H3. The molecule has 0 aliphatic heterocycles. The Morgan fingerprint density at radius 1 is 1.44 bits per heavy atom. The van der Waals surface area contributed by atoms with Crippen LogP contribution in [-0.4, -0.2) is 21.8 Å². The van der Waals surface area contributed by atoms with Crippen LogP contribution >= 0.6 is 11.3 Å². The molecule has 0 aromatic carbocycles. The summed E-state index contributed by atoms with van der Waals surface area (Å²) < 4.78 is 2.02. The molecule has 1 N–H and O–H groups in total. The van der Waals surface area contributed by atoms with Gasteiger partial charge in [0.2, 0.25) is 0 Å². The average molecular weight is 264 g/mol. The van der Waals surface area contributed by atoms with Crippen molar-refractivity contribution in [2.75, 3.05) is 7.05 Å². The summed E-state index contributed by atoms with van der Waals surface area (Å²) in [6.07, 6.45) is 2.53. The van der Waals surface area contributed by atoms with Crippen LogP contribution in [0.1, 0.15) is 31.3 Å². The van der Waals surface area contributed by atoms with E-state index < -0.39 is 0 Å². The Labute approximate surface area is 112 Å². The summed E-state index contributed by atoms with van der Waals surface area (Å²) in [5.74, 6) is 1.63.